The molecule has 3 N–H and O–H groups in total. The summed E-state index contributed by atoms with van der Waals surface area (Å²) in [4.78, 5) is 52.0. The van der Waals surface area contributed by atoms with Gasteiger partial charge in [0.25, 0.3) is 0 Å². The molecule has 0 bridgehead atoms. The number of fused-ring (bicyclic) bond motifs is 3. The van der Waals surface area contributed by atoms with Crippen LogP contribution in [0.5, 0.6) is 0 Å². The maximum atomic E-state index is 13.1. The molecular weight excluding hydrogens is 592 g/mol. The van der Waals surface area contributed by atoms with Crippen LogP contribution >= 0.6 is 0 Å². The number of carboxylic acid groups (broad SMARTS) is 1. The molecule has 2 aromatic rings. The monoisotopic (exact) mass is 640 g/mol. The number of carbonyl (C=O) groups is 4. The van der Waals surface area contributed by atoms with Gasteiger partial charge < -0.3 is 39.8 Å². The topological polar surface area (TPSA) is 147 Å². The number of rotatable bonds is 14. The van der Waals surface area contributed by atoms with Gasteiger partial charge in [0.1, 0.15) is 12.2 Å². The fraction of sp³-hybridized carbons (Fsp3) is 0.529. The Balaban J connectivity index is 1.41. The Morgan fingerprint density at radius 2 is 1.37 bits per heavy atom. The van der Waals surface area contributed by atoms with Gasteiger partial charge in [-0.3, -0.25) is 4.79 Å². The normalized spacial score (nSPS) is 12.5. The lowest BCUT2D eigenvalue weighted by Gasteiger charge is -2.35. The van der Waals surface area contributed by atoms with E-state index < -0.39 is 29.4 Å². The predicted octanol–water partition coefficient (Wildman–Crippen LogP) is 5.06. The van der Waals surface area contributed by atoms with E-state index in [2.05, 4.69) is 34.9 Å². The van der Waals surface area contributed by atoms with E-state index in [1.54, 1.807) is 41.5 Å². The molecule has 3 rings (SSSR count). The second-order valence-electron chi connectivity index (χ2n) is 13.0. The van der Waals surface area contributed by atoms with Crippen molar-refractivity contribution < 1.29 is 38.5 Å². The molecule has 1 aliphatic rings. The highest BCUT2D eigenvalue weighted by molar-refractivity contribution is 5.79. The van der Waals surface area contributed by atoms with E-state index in [-0.39, 0.29) is 70.8 Å². The van der Waals surface area contributed by atoms with Gasteiger partial charge in [0.05, 0.1) is 19.6 Å². The van der Waals surface area contributed by atoms with Crippen LogP contribution in [0.2, 0.25) is 0 Å². The van der Waals surface area contributed by atoms with E-state index in [9.17, 15) is 24.3 Å². The van der Waals surface area contributed by atoms with E-state index in [4.69, 9.17) is 14.2 Å². The van der Waals surface area contributed by atoms with Crippen LogP contribution < -0.4 is 10.6 Å². The molecule has 0 saturated carbocycles. The number of nitrogens with one attached hydrogen (secondary N) is 2. The molecule has 0 atom stereocenters. The molecule has 252 valence electrons. The van der Waals surface area contributed by atoms with Crippen LogP contribution in [0.25, 0.3) is 11.1 Å². The molecule has 0 fully saturated rings. The van der Waals surface area contributed by atoms with Gasteiger partial charge in [0.2, 0.25) is 5.91 Å². The number of benzene rings is 2. The molecule has 0 heterocycles. The van der Waals surface area contributed by atoms with Gasteiger partial charge in [0.15, 0.2) is 0 Å². The zero-order chi connectivity index (χ0) is 33.9. The van der Waals surface area contributed by atoms with Gasteiger partial charge in [-0.15, -0.1) is 0 Å². The van der Waals surface area contributed by atoms with E-state index in [1.807, 2.05) is 24.3 Å². The van der Waals surface area contributed by atoms with Crippen LogP contribution in [-0.2, 0) is 19.0 Å². The lowest BCUT2D eigenvalue weighted by Crippen LogP contribution is -2.50. The van der Waals surface area contributed by atoms with Crippen LogP contribution in [0, 0.1) is 0 Å². The Hall–Kier alpha value is -4.32. The van der Waals surface area contributed by atoms with E-state index in [0.29, 0.717) is 0 Å². The van der Waals surface area contributed by atoms with Crippen molar-refractivity contribution in [1.82, 2.24) is 20.4 Å². The van der Waals surface area contributed by atoms with Gasteiger partial charge in [0, 0.05) is 44.2 Å². The van der Waals surface area contributed by atoms with Crippen LogP contribution in [0.15, 0.2) is 48.5 Å². The van der Waals surface area contributed by atoms with Crippen molar-refractivity contribution in [3.63, 3.8) is 0 Å². The first-order chi connectivity index (χ1) is 21.7. The van der Waals surface area contributed by atoms with Crippen molar-refractivity contribution in [2.75, 3.05) is 52.5 Å². The first-order valence-electron chi connectivity index (χ1n) is 15.6. The highest BCUT2D eigenvalue weighted by Gasteiger charge is 2.29. The molecule has 0 saturated heterocycles. The first kappa shape index (κ1) is 36.2. The maximum absolute atomic E-state index is 13.1. The average Bonchev–Trinajstić information content (AvgIpc) is 3.28. The number of carbonyl (C=O) groups excluding carboxylic acids is 3. The Kier molecular flexibility index (Phi) is 12.8. The molecule has 0 aliphatic heterocycles. The Bertz CT molecular complexity index is 1310. The Morgan fingerprint density at radius 3 is 1.93 bits per heavy atom. The number of ether oxygens (including phenoxy) is 3. The molecule has 2 aromatic carbocycles. The quantitative estimate of drug-likeness (QED) is 0.243. The first-order valence-corrected chi connectivity index (χ1v) is 15.6. The average molecular weight is 641 g/mol. The number of hydrogen-bond donors (Lipinski definition) is 3. The zero-order valence-electron chi connectivity index (χ0n) is 27.8. The number of amides is 4. The minimum Gasteiger partial charge on any atom is -0.465 e. The summed E-state index contributed by atoms with van der Waals surface area (Å²) in [6, 6.07) is 16.2. The third kappa shape index (κ3) is 10.9. The molecule has 0 unspecified atom stereocenters. The molecule has 4 amide bonds. The Morgan fingerprint density at radius 1 is 0.783 bits per heavy atom. The Labute approximate surface area is 271 Å². The van der Waals surface area contributed by atoms with Crippen LogP contribution in [0.3, 0.4) is 0 Å². The van der Waals surface area contributed by atoms with Gasteiger partial charge in [-0.25, -0.2) is 14.4 Å². The summed E-state index contributed by atoms with van der Waals surface area (Å²) in [5, 5.41) is 14.9. The summed E-state index contributed by atoms with van der Waals surface area (Å²) in [7, 11) is 0. The molecule has 1 aliphatic carbocycles. The van der Waals surface area contributed by atoms with Crippen LogP contribution in [0.1, 0.15) is 65.0 Å². The largest absolute Gasteiger partial charge is 0.465 e. The number of nitrogens with zero attached hydrogens (tertiary/aromatic N) is 2. The standard InChI is InChI=1S/C34H48N4O8/c1-33(2,3)38(32(42)43)20-19-37(18-16-35-31(41)46-34(4,5)6)29(39)15-21-44-22-17-36-30(40)45-23-28-26-13-9-7-11-24(26)25-12-8-10-14-27(25)28/h7-14,28H,15-23H2,1-6H3,(H,35,41)(H,36,40)(H,42,43). The summed E-state index contributed by atoms with van der Waals surface area (Å²) in [6.45, 7) is 11.8. The summed E-state index contributed by atoms with van der Waals surface area (Å²) in [5.41, 5.74) is 3.26. The molecule has 46 heavy (non-hydrogen) atoms. The van der Waals surface area contributed by atoms with Crippen molar-refractivity contribution in [3.05, 3.63) is 59.7 Å². The van der Waals surface area contributed by atoms with E-state index in [0.717, 1.165) is 22.3 Å². The second kappa shape index (κ2) is 16.3. The lowest BCUT2D eigenvalue weighted by molar-refractivity contribution is -0.132. The van der Waals surface area contributed by atoms with Crippen molar-refractivity contribution >= 4 is 24.2 Å². The molecule has 0 spiro atoms. The third-order valence-corrected chi connectivity index (χ3v) is 7.36. The van der Waals surface area contributed by atoms with Gasteiger partial charge in [-0.2, -0.15) is 0 Å². The summed E-state index contributed by atoms with van der Waals surface area (Å²) in [6.07, 6.45) is -2.19. The number of alkyl carbamates (subject to hydrolysis) is 2. The fourth-order valence-corrected chi connectivity index (χ4v) is 5.20. The lowest BCUT2D eigenvalue weighted by atomic mass is 9.98. The number of hydrogen-bond acceptors (Lipinski definition) is 7. The van der Waals surface area contributed by atoms with Crippen molar-refractivity contribution in [3.8, 4) is 11.1 Å². The van der Waals surface area contributed by atoms with Crippen molar-refractivity contribution in [2.24, 2.45) is 0 Å². The summed E-state index contributed by atoms with van der Waals surface area (Å²) in [5.74, 6) is -0.289. The SMILES string of the molecule is CC(C)(C)OC(=O)NCCN(CCN(C(=O)O)C(C)(C)C)C(=O)CCOCCNC(=O)OCC1c2ccccc2-c2ccccc21. The molecule has 12 heteroatoms. The van der Waals surface area contributed by atoms with Gasteiger partial charge >= 0.3 is 18.3 Å². The smallest absolute Gasteiger partial charge is 0.407 e. The fourth-order valence-electron chi connectivity index (χ4n) is 5.20. The summed E-state index contributed by atoms with van der Waals surface area (Å²) >= 11 is 0. The van der Waals surface area contributed by atoms with E-state index in [1.165, 1.54) is 9.80 Å². The summed E-state index contributed by atoms with van der Waals surface area (Å²) < 4.78 is 16.4. The highest BCUT2D eigenvalue weighted by atomic mass is 16.6. The van der Waals surface area contributed by atoms with Gasteiger partial charge in [-0.1, -0.05) is 48.5 Å². The molecular formula is C34H48N4O8. The van der Waals surface area contributed by atoms with Crippen LogP contribution in [-0.4, -0.2) is 103 Å². The zero-order valence-corrected chi connectivity index (χ0v) is 27.8. The van der Waals surface area contributed by atoms with E-state index >= 15 is 0 Å². The predicted molar refractivity (Wildman–Crippen MR) is 174 cm³/mol. The maximum Gasteiger partial charge on any atom is 0.407 e. The van der Waals surface area contributed by atoms with Crippen molar-refractivity contribution in [2.45, 2.75) is 65.0 Å². The third-order valence-electron chi connectivity index (χ3n) is 7.36. The van der Waals surface area contributed by atoms with Crippen LogP contribution in [0.4, 0.5) is 14.4 Å². The molecule has 0 aromatic heterocycles. The van der Waals surface area contributed by atoms with Crippen molar-refractivity contribution in [1.29, 1.82) is 0 Å². The minimum atomic E-state index is -1.08. The molecule has 12 nitrogen and oxygen atoms in total. The molecule has 0 radical (unpaired) electrons. The minimum absolute atomic E-state index is 0.0336. The second-order valence-corrected chi connectivity index (χ2v) is 13.0. The highest BCUT2D eigenvalue weighted by Crippen LogP contribution is 2.44. The van der Waals surface area contributed by atoms with Gasteiger partial charge in [-0.05, 0) is 63.8 Å².